The lowest BCUT2D eigenvalue weighted by Crippen LogP contribution is -2.27. The standard InChI is InChI=1S/C19H17F2NO4/c1-12-4-2-3-5-14(12)19(25)22-9-8-18(24)26-11-17(23)13-6-7-15(20)16(21)10-13/h2-7,10H,8-9,11H2,1H3,(H,22,25). The van der Waals surface area contributed by atoms with Crippen LogP contribution in [-0.2, 0) is 9.53 Å². The number of hydrogen-bond donors (Lipinski definition) is 1. The van der Waals surface area contributed by atoms with Crippen LogP contribution in [0.5, 0.6) is 0 Å². The molecule has 0 aromatic heterocycles. The van der Waals surface area contributed by atoms with E-state index in [4.69, 9.17) is 4.74 Å². The highest BCUT2D eigenvalue weighted by Gasteiger charge is 2.13. The maximum atomic E-state index is 13.1. The van der Waals surface area contributed by atoms with Crippen molar-refractivity contribution >= 4 is 17.7 Å². The van der Waals surface area contributed by atoms with E-state index in [2.05, 4.69) is 5.32 Å². The van der Waals surface area contributed by atoms with Crippen molar-refractivity contribution in [2.75, 3.05) is 13.2 Å². The zero-order valence-electron chi connectivity index (χ0n) is 14.1. The van der Waals surface area contributed by atoms with Crippen LogP contribution in [0.1, 0.15) is 32.7 Å². The van der Waals surface area contributed by atoms with Crippen molar-refractivity contribution in [2.24, 2.45) is 0 Å². The van der Waals surface area contributed by atoms with Crippen LogP contribution in [0, 0.1) is 18.6 Å². The molecule has 2 aromatic carbocycles. The van der Waals surface area contributed by atoms with Crippen molar-refractivity contribution < 1.29 is 27.9 Å². The Morgan fingerprint density at radius 2 is 1.77 bits per heavy atom. The first-order chi connectivity index (χ1) is 12.4. The van der Waals surface area contributed by atoms with Crippen LogP contribution in [0.3, 0.4) is 0 Å². The van der Waals surface area contributed by atoms with Crippen LogP contribution in [0.2, 0.25) is 0 Å². The van der Waals surface area contributed by atoms with E-state index in [1.807, 2.05) is 6.07 Å². The summed E-state index contributed by atoms with van der Waals surface area (Å²) in [5.41, 5.74) is 1.23. The molecule has 0 aliphatic heterocycles. The van der Waals surface area contributed by atoms with Crippen molar-refractivity contribution in [3.63, 3.8) is 0 Å². The Balaban J connectivity index is 1.75. The van der Waals surface area contributed by atoms with E-state index < -0.39 is 30.0 Å². The largest absolute Gasteiger partial charge is 0.457 e. The average molecular weight is 361 g/mol. The van der Waals surface area contributed by atoms with Crippen molar-refractivity contribution in [2.45, 2.75) is 13.3 Å². The second kappa shape index (κ2) is 8.84. The highest BCUT2D eigenvalue weighted by molar-refractivity contribution is 5.98. The molecule has 0 saturated carbocycles. The monoisotopic (exact) mass is 361 g/mol. The van der Waals surface area contributed by atoms with Crippen LogP contribution in [0.15, 0.2) is 42.5 Å². The van der Waals surface area contributed by atoms with Gasteiger partial charge in [-0.25, -0.2) is 8.78 Å². The van der Waals surface area contributed by atoms with Crippen LogP contribution in [0.4, 0.5) is 8.78 Å². The van der Waals surface area contributed by atoms with Crippen molar-refractivity contribution in [1.82, 2.24) is 5.32 Å². The Bertz CT molecular complexity index is 836. The summed E-state index contributed by atoms with van der Waals surface area (Å²) in [7, 11) is 0. The number of rotatable bonds is 7. The molecule has 0 aliphatic rings. The maximum Gasteiger partial charge on any atom is 0.308 e. The summed E-state index contributed by atoms with van der Waals surface area (Å²) >= 11 is 0. The summed E-state index contributed by atoms with van der Waals surface area (Å²) in [5, 5.41) is 2.59. The smallest absolute Gasteiger partial charge is 0.308 e. The number of ether oxygens (including phenoxy) is 1. The maximum absolute atomic E-state index is 13.1. The number of amides is 1. The molecule has 0 spiro atoms. The van der Waals surface area contributed by atoms with E-state index in [1.54, 1.807) is 25.1 Å². The fraction of sp³-hybridized carbons (Fsp3) is 0.211. The fourth-order valence-corrected chi connectivity index (χ4v) is 2.17. The molecule has 0 fully saturated rings. The van der Waals surface area contributed by atoms with Gasteiger partial charge in [-0.2, -0.15) is 0 Å². The van der Waals surface area contributed by atoms with Gasteiger partial charge in [0.15, 0.2) is 24.0 Å². The second-order valence-electron chi connectivity index (χ2n) is 5.53. The SMILES string of the molecule is Cc1ccccc1C(=O)NCCC(=O)OCC(=O)c1ccc(F)c(F)c1. The minimum absolute atomic E-state index is 0.0470. The Morgan fingerprint density at radius 1 is 1.04 bits per heavy atom. The van der Waals surface area contributed by atoms with Gasteiger partial charge in [-0.15, -0.1) is 0 Å². The minimum atomic E-state index is -1.15. The lowest BCUT2D eigenvalue weighted by molar-refractivity contribution is -0.142. The van der Waals surface area contributed by atoms with Crippen LogP contribution >= 0.6 is 0 Å². The number of hydrogen-bond acceptors (Lipinski definition) is 4. The normalized spacial score (nSPS) is 10.3. The quantitative estimate of drug-likeness (QED) is 0.608. The van der Waals surface area contributed by atoms with Gasteiger partial charge >= 0.3 is 5.97 Å². The van der Waals surface area contributed by atoms with Crippen molar-refractivity contribution in [1.29, 1.82) is 0 Å². The molecule has 0 aliphatic carbocycles. The molecule has 136 valence electrons. The molecule has 5 nitrogen and oxygen atoms in total. The Labute approximate surface area is 149 Å². The Kier molecular flexibility index (Phi) is 6.54. The van der Waals surface area contributed by atoms with E-state index in [1.165, 1.54) is 0 Å². The van der Waals surface area contributed by atoms with Gasteiger partial charge in [0.25, 0.3) is 5.91 Å². The topological polar surface area (TPSA) is 72.5 Å². The highest BCUT2D eigenvalue weighted by atomic mass is 19.2. The minimum Gasteiger partial charge on any atom is -0.457 e. The lowest BCUT2D eigenvalue weighted by Gasteiger charge is -2.08. The van der Waals surface area contributed by atoms with E-state index >= 15 is 0 Å². The molecule has 0 atom stereocenters. The molecule has 0 bridgehead atoms. The molecule has 2 aromatic rings. The summed E-state index contributed by atoms with van der Waals surface area (Å²) in [4.78, 5) is 35.4. The van der Waals surface area contributed by atoms with E-state index in [-0.39, 0.29) is 24.4 Å². The third kappa shape index (κ3) is 5.20. The number of esters is 1. The van der Waals surface area contributed by atoms with Crippen molar-refractivity contribution in [3.8, 4) is 0 Å². The number of halogens is 2. The number of carbonyl (C=O) groups excluding carboxylic acids is 3. The molecule has 0 unspecified atom stereocenters. The van der Waals surface area contributed by atoms with Gasteiger partial charge in [0.05, 0.1) is 6.42 Å². The number of aryl methyl sites for hydroxylation is 1. The predicted octanol–water partition coefficient (Wildman–Crippen LogP) is 2.82. The summed E-state index contributed by atoms with van der Waals surface area (Å²) < 4.78 is 30.7. The molecular weight excluding hydrogens is 344 g/mol. The first-order valence-electron chi connectivity index (χ1n) is 7.86. The van der Waals surface area contributed by atoms with Gasteiger partial charge in [-0.3, -0.25) is 14.4 Å². The fourth-order valence-electron chi connectivity index (χ4n) is 2.17. The lowest BCUT2D eigenvalue weighted by atomic mass is 10.1. The summed E-state index contributed by atoms with van der Waals surface area (Å²) in [6.07, 6.45) is -0.122. The average Bonchev–Trinajstić information content (AvgIpc) is 2.62. The van der Waals surface area contributed by atoms with Crippen molar-refractivity contribution in [3.05, 3.63) is 70.8 Å². The third-order valence-corrected chi connectivity index (χ3v) is 3.61. The molecule has 0 radical (unpaired) electrons. The number of benzene rings is 2. The molecule has 2 rings (SSSR count). The highest BCUT2D eigenvalue weighted by Crippen LogP contribution is 2.10. The Morgan fingerprint density at radius 3 is 2.46 bits per heavy atom. The van der Waals surface area contributed by atoms with Gasteiger partial charge in [0, 0.05) is 17.7 Å². The predicted molar refractivity (Wildman–Crippen MR) is 89.8 cm³/mol. The number of Topliss-reactive ketones (excluding diaryl/α,β-unsaturated/α-hetero) is 1. The zero-order chi connectivity index (χ0) is 19.1. The van der Waals surface area contributed by atoms with Gasteiger partial charge in [0.1, 0.15) is 0 Å². The number of carbonyl (C=O) groups is 3. The van der Waals surface area contributed by atoms with E-state index in [0.717, 1.165) is 23.8 Å². The zero-order valence-corrected chi connectivity index (χ0v) is 14.1. The van der Waals surface area contributed by atoms with E-state index in [0.29, 0.717) is 5.56 Å². The van der Waals surface area contributed by atoms with Crippen LogP contribution in [0.25, 0.3) is 0 Å². The van der Waals surface area contributed by atoms with Crippen LogP contribution in [-0.4, -0.2) is 30.8 Å². The summed E-state index contributed by atoms with van der Waals surface area (Å²) in [5.74, 6) is -3.87. The van der Waals surface area contributed by atoms with Gasteiger partial charge in [-0.05, 0) is 36.8 Å². The summed E-state index contributed by atoms with van der Waals surface area (Å²) in [6, 6.07) is 9.69. The van der Waals surface area contributed by atoms with Gasteiger partial charge in [-0.1, -0.05) is 18.2 Å². The number of ketones is 1. The van der Waals surface area contributed by atoms with Gasteiger partial charge < -0.3 is 10.1 Å². The number of nitrogens with one attached hydrogen (secondary N) is 1. The molecule has 1 amide bonds. The van der Waals surface area contributed by atoms with Gasteiger partial charge in [0.2, 0.25) is 0 Å². The first kappa shape index (κ1) is 19.2. The molecule has 7 heteroatoms. The molecule has 0 saturated heterocycles. The third-order valence-electron chi connectivity index (χ3n) is 3.61. The molecule has 1 N–H and O–H groups in total. The van der Waals surface area contributed by atoms with E-state index in [9.17, 15) is 23.2 Å². The Hall–Kier alpha value is -3.09. The second-order valence-corrected chi connectivity index (χ2v) is 5.53. The first-order valence-corrected chi connectivity index (χ1v) is 7.86. The van der Waals surface area contributed by atoms with Crippen LogP contribution < -0.4 is 5.32 Å². The molecule has 0 heterocycles. The molecular formula is C19H17F2NO4. The molecule has 26 heavy (non-hydrogen) atoms. The summed E-state index contributed by atoms with van der Waals surface area (Å²) in [6.45, 7) is 1.26.